The molecule has 0 aliphatic rings. The molecule has 110 valence electrons. The van der Waals surface area contributed by atoms with E-state index in [1.165, 1.54) is 0 Å². The van der Waals surface area contributed by atoms with E-state index in [0.717, 1.165) is 16.8 Å². The van der Waals surface area contributed by atoms with Gasteiger partial charge < -0.3 is 10.4 Å². The van der Waals surface area contributed by atoms with E-state index in [2.05, 4.69) is 5.32 Å². The largest absolute Gasteiger partial charge is 0.481 e. The third-order valence-corrected chi connectivity index (χ3v) is 4.01. The van der Waals surface area contributed by atoms with Gasteiger partial charge in [0.05, 0.1) is 16.0 Å². The molecule has 0 heterocycles. The fraction of sp³-hybridized carbons (Fsp3) is 0.188. The van der Waals surface area contributed by atoms with Gasteiger partial charge in [-0.05, 0) is 36.2 Å². The van der Waals surface area contributed by atoms with Crippen molar-refractivity contribution < 1.29 is 9.90 Å². The zero-order valence-corrected chi connectivity index (χ0v) is 12.9. The Morgan fingerprint density at radius 1 is 1.14 bits per heavy atom. The monoisotopic (exact) mass is 323 g/mol. The fourth-order valence-corrected chi connectivity index (χ4v) is 2.18. The summed E-state index contributed by atoms with van der Waals surface area (Å²) in [6.45, 7) is 2.30. The van der Waals surface area contributed by atoms with Gasteiger partial charge in [0.2, 0.25) is 0 Å². The van der Waals surface area contributed by atoms with Crippen molar-refractivity contribution in [3.63, 3.8) is 0 Å². The van der Waals surface area contributed by atoms with Crippen LogP contribution in [0.4, 0.5) is 5.69 Å². The van der Waals surface area contributed by atoms with Crippen molar-refractivity contribution in [1.82, 2.24) is 0 Å². The maximum absolute atomic E-state index is 10.9. The molecular weight excluding hydrogens is 309 g/mol. The summed E-state index contributed by atoms with van der Waals surface area (Å²) in [4.78, 5) is 10.9. The average Bonchev–Trinajstić information content (AvgIpc) is 2.48. The van der Waals surface area contributed by atoms with Crippen LogP contribution in [0.15, 0.2) is 42.5 Å². The van der Waals surface area contributed by atoms with Gasteiger partial charge in [-0.15, -0.1) is 0 Å². The number of anilines is 1. The summed E-state index contributed by atoms with van der Waals surface area (Å²) >= 11 is 11.8. The fourth-order valence-electron chi connectivity index (χ4n) is 1.88. The molecule has 1 unspecified atom stereocenters. The minimum absolute atomic E-state index is 0.498. The van der Waals surface area contributed by atoms with E-state index in [-0.39, 0.29) is 0 Å². The van der Waals surface area contributed by atoms with Crippen molar-refractivity contribution in [2.24, 2.45) is 0 Å². The van der Waals surface area contributed by atoms with Gasteiger partial charge in [0, 0.05) is 12.2 Å². The van der Waals surface area contributed by atoms with Crippen LogP contribution in [0.2, 0.25) is 10.0 Å². The zero-order valence-electron chi connectivity index (χ0n) is 11.4. The van der Waals surface area contributed by atoms with Gasteiger partial charge in [-0.25, -0.2) is 0 Å². The highest BCUT2D eigenvalue weighted by molar-refractivity contribution is 6.42. The number of rotatable bonds is 5. The van der Waals surface area contributed by atoms with Gasteiger partial charge in [-0.3, -0.25) is 4.79 Å². The lowest BCUT2D eigenvalue weighted by molar-refractivity contribution is -0.138. The molecule has 21 heavy (non-hydrogen) atoms. The first-order valence-corrected chi connectivity index (χ1v) is 7.23. The lowest BCUT2D eigenvalue weighted by Crippen LogP contribution is -2.07. The Morgan fingerprint density at radius 3 is 2.38 bits per heavy atom. The lowest BCUT2D eigenvalue weighted by Gasteiger charge is -2.10. The summed E-state index contributed by atoms with van der Waals surface area (Å²) in [6.07, 6.45) is 0. The maximum atomic E-state index is 10.9. The minimum atomic E-state index is -0.823. The SMILES string of the molecule is CC(C(=O)O)c1ccc(CNc2ccc(Cl)c(Cl)c2)cc1. The highest BCUT2D eigenvalue weighted by Crippen LogP contribution is 2.25. The van der Waals surface area contributed by atoms with Crippen LogP contribution in [0.25, 0.3) is 0 Å². The Morgan fingerprint density at radius 2 is 1.81 bits per heavy atom. The first-order chi connectivity index (χ1) is 9.97. The molecule has 0 amide bonds. The number of carboxylic acid groups (broad SMARTS) is 1. The summed E-state index contributed by atoms with van der Waals surface area (Å²) < 4.78 is 0. The number of benzene rings is 2. The predicted octanol–water partition coefficient (Wildman–Crippen LogP) is 4.79. The van der Waals surface area contributed by atoms with Gasteiger partial charge in [-0.1, -0.05) is 47.5 Å². The number of carboxylic acids is 1. The van der Waals surface area contributed by atoms with Crippen molar-refractivity contribution in [3.05, 3.63) is 63.6 Å². The number of carbonyl (C=O) groups is 1. The molecule has 0 aliphatic carbocycles. The molecule has 0 saturated carbocycles. The summed E-state index contributed by atoms with van der Waals surface area (Å²) in [5.74, 6) is -1.32. The van der Waals surface area contributed by atoms with E-state index in [4.69, 9.17) is 28.3 Å². The third kappa shape index (κ3) is 4.13. The Hall–Kier alpha value is -1.71. The van der Waals surface area contributed by atoms with Crippen LogP contribution in [0.5, 0.6) is 0 Å². The molecule has 3 nitrogen and oxygen atoms in total. The maximum Gasteiger partial charge on any atom is 0.310 e. The molecule has 5 heteroatoms. The highest BCUT2D eigenvalue weighted by Gasteiger charge is 2.12. The van der Waals surface area contributed by atoms with Gasteiger partial charge in [-0.2, -0.15) is 0 Å². The number of hydrogen-bond acceptors (Lipinski definition) is 2. The summed E-state index contributed by atoms with van der Waals surface area (Å²) in [6, 6.07) is 12.9. The van der Waals surface area contributed by atoms with E-state index in [1.54, 1.807) is 19.1 Å². The molecule has 2 rings (SSSR count). The lowest BCUT2D eigenvalue weighted by atomic mass is 10.00. The van der Waals surface area contributed by atoms with E-state index in [0.29, 0.717) is 16.6 Å². The quantitative estimate of drug-likeness (QED) is 0.831. The second-order valence-corrected chi connectivity index (χ2v) is 5.60. The first kappa shape index (κ1) is 15.7. The van der Waals surface area contributed by atoms with Crippen molar-refractivity contribution in [1.29, 1.82) is 0 Å². The van der Waals surface area contributed by atoms with Gasteiger partial charge in [0.1, 0.15) is 0 Å². The molecule has 0 radical (unpaired) electrons. The molecule has 2 aromatic carbocycles. The van der Waals surface area contributed by atoms with Gasteiger partial charge >= 0.3 is 5.97 Å². The molecule has 2 N–H and O–H groups in total. The second-order valence-electron chi connectivity index (χ2n) is 4.78. The smallest absolute Gasteiger partial charge is 0.310 e. The van der Waals surface area contributed by atoms with Crippen molar-refractivity contribution >= 4 is 34.9 Å². The second kappa shape index (κ2) is 6.83. The standard InChI is InChI=1S/C16H15Cl2NO2/c1-10(16(20)21)12-4-2-11(3-5-12)9-19-13-6-7-14(17)15(18)8-13/h2-8,10,19H,9H2,1H3,(H,20,21). The van der Waals surface area contributed by atoms with Crippen molar-refractivity contribution in [3.8, 4) is 0 Å². The molecule has 0 aromatic heterocycles. The predicted molar refractivity (Wildman–Crippen MR) is 86.3 cm³/mol. The van der Waals surface area contributed by atoms with Gasteiger partial charge in [0.25, 0.3) is 0 Å². The topological polar surface area (TPSA) is 49.3 Å². The van der Waals surface area contributed by atoms with Crippen molar-refractivity contribution in [2.75, 3.05) is 5.32 Å². The van der Waals surface area contributed by atoms with Crippen molar-refractivity contribution in [2.45, 2.75) is 19.4 Å². The van der Waals surface area contributed by atoms with E-state index in [1.807, 2.05) is 30.3 Å². The van der Waals surface area contributed by atoms with E-state index < -0.39 is 11.9 Å². The molecule has 0 fully saturated rings. The molecule has 0 spiro atoms. The third-order valence-electron chi connectivity index (χ3n) is 3.27. The van der Waals surface area contributed by atoms with Crippen LogP contribution in [-0.4, -0.2) is 11.1 Å². The summed E-state index contributed by atoms with van der Waals surface area (Å²) in [5, 5.41) is 13.2. The summed E-state index contributed by atoms with van der Waals surface area (Å²) in [5.41, 5.74) is 2.73. The molecular formula is C16H15Cl2NO2. The normalized spacial score (nSPS) is 12.0. The van der Waals surface area contributed by atoms with Gasteiger partial charge in [0.15, 0.2) is 0 Å². The average molecular weight is 324 g/mol. The molecule has 0 saturated heterocycles. The first-order valence-electron chi connectivity index (χ1n) is 6.48. The Labute approximate surface area is 133 Å². The van der Waals surface area contributed by atoms with Crippen LogP contribution in [0.1, 0.15) is 24.0 Å². The number of aliphatic carboxylic acids is 1. The van der Waals surface area contributed by atoms with E-state index in [9.17, 15) is 4.79 Å². The van der Waals surface area contributed by atoms with Crippen LogP contribution >= 0.6 is 23.2 Å². The Bertz CT molecular complexity index is 641. The van der Waals surface area contributed by atoms with Crippen LogP contribution < -0.4 is 5.32 Å². The number of halogens is 2. The molecule has 0 bridgehead atoms. The van der Waals surface area contributed by atoms with Crippen LogP contribution in [0, 0.1) is 0 Å². The van der Waals surface area contributed by atoms with Crippen LogP contribution in [-0.2, 0) is 11.3 Å². The number of nitrogens with one attached hydrogen (secondary N) is 1. The summed E-state index contributed by atoms with van der Waals surface area (Å²) in [7, 11) is 0. The highest BCUT2D eigenvalue weighted by atomic mass is 35.5. The molecule has 2 aromatic rings. The molecule has 0 aliphatic heterocycles. The molecule has 1 atom stereocenters. The Balaban J connectivity index is 2.00. The Kier molecular flexibility index (Phi) is 5.10. The minimum Gasteiger partial charge on any atom is -0.481 e. The van der Waals surface area contributed by atoms with E-state index >= 15 is 0 Å². The zero-order chi connectivity index (χ0) is 15.4. The van der Waals surface area contributed by atoms with Crippen LogP contribution in [0.3, 0.4) is 0 Å². The number of hydrogen-bond donors (Lipinski definition) is 2.